The molecule has 5 N–H and O–H groups in total. The van der Waals surface area contributed by atoms with E-state index in [-0.39, 0.29) is 6.42 Å². The monoisotopic (exact) mass is 538 g/mol. The maximum absolute atomic E-state index is 12.7. The van der Waals surface area contributed by atoms with Gasteiger partial charge in [0.25, 0.3) is 0 Å². The molecule has 0 bridgehead atoms. The molecule has 3 aliphatic rings. The molecular formula is C26H34O12. The molecule has 4 rings (SSSR count). The predicted molar refractivity (Wildman–Crippen MR) is 130 cm³/mol. The highest BCUT2D eigenvalue weighted by Gasteiger charge is 2.57. The highest BCUT2D eigenvalue weighted by molar-refractivity contribution is 5.87. The van der Waals surface area contributed by atoms with Gasteiger partial charge in [-0.15, -0.1) is 0 Å². The molecule has 210 valence electrons. The Kier molecular flexibility index (Phi) is 8.62. The number of aliphatic hydroxyl groups excluding tert-OH is 4. The molecule has 2 heterocycles. The minimum Gasteiger partial charge on any atom is -0.493 e. The number of hydrogen-bond acceptors (Lipinski definition) is 12. The van der Waals surface area contributed by atoms with E-state index in [9.17, 15) is 30.3 Å². The fraction of sp³-hybridized carbons (Fsp3) is 0.577. The standard InChI is InChI=1S/C26H34O12/c1-26(32)11-17(36-19(28)7-5-13-4-6-15(33-2)16(10-13)34-3)14-8-9-35-24(20(14)26)38-25-23(31)22(30)21(29)18(12-27)37-25/h4-10,14,17-18,20-25,27,29-32H,11-12H2,1-3H3/b7-5+/t14-,17-,18-,20-,21-,22+,23-,24+,25+,26+/m1/s1. The molecule has 1 aliphatic carbocycles. The van der Waals surface area contributed by atoms with Crippen molar-refractivity contribution in [1.29, 1.82) is 0 Å². The molecule has 10 atom stereocenters. The maximum atomic E-state index is 12.7. The molecule has 38 heavy (non-hydrogen) atoms. The van der Waals surface area contributed by atoms with Crippen molar-refractivity contribution in [3.8, 4) is 11.5 Å². The number of esters is 1. The number of aliphatic hydroxyl groups is 5. The molecule has 0 unspecified atom stereocenters. The van der Waals surface area contributed by atoms with Crippen LogP contribution >= 0.6 is 0 Å². The van der Waals surface area contributed by atoms with Crippen molar-refractivity contribution in [2.24, 2.45) is 11.8 Å². The van der Waals surface area contributed by atoms with Gasteiger partial charge in [-0.25, -0.2) is 4.79 Å². The molecule has 0 spiro atoms. The Labute approximate surface area is 219 Å². The maximum Gasteiger partial charge on any atom is 0.331 e. The largest absolute Gasteiger partial charge is 0.493 e. The summed E-state index contributed by atoms with van der Waals surface area (Å²) in [7, 11) is 3.04. The van der Waals surface area contributed by atoms with Crippen LogP contribution in [0.25, 0.3) is 6.08 Å². The molecule has 0 aromatic heterocycles. The number of rotatable bonds is 8. The summed E-state index contributed by atoms with van der Waals surface area (Å²) in [6.45, 7) is 0.943. The van der Waals surface area contributed by atoms with Gasteiger partial charge in [-0.3, -0.25) is 0 Å². The second kappa shape index (κ2) is 11.6. The Morgan fingerprint density at radius 2 is 1.84 bits per heavy atom. The zero-order chi connectivity index (χ0) is 27.6. The number of methoxy groups -OCH3 is 2. The van der Waals surface area contributed by atoms with E-state index in [4.69, 9.17) is 28.4 Å². The topological polar surface area (TPSA) is 174 Å². The predicted octanol–water partition coefficient (Wildman–Crippen LogP) is -0.298. The first-order chi connectivity index (χ1) is 18.1. The SMILES string of the molecule is COc1ccc(/C=C/C(=O)O[C@@H]2C[C@](C)(O)[C@H]3[C@H](O[C@@H]4O[C@H](CO)[C@@H](O)[C@H](O)[C@H]4O)OC=C[C@@H]32)cc1OC. The quantitative estimate of drug-likeness (QED) is 0.216. The van der Waals surface area contributed by atoms with Crippen molar-refractivity contribution >= 4 is 12.0 Å². The molecule has 1 aromatic carbocycles. The van der Waals surface area contributed by atoms with Gasteiger partial charge in [0.05, 0.1) is 38.6 Å². The van der Waals surface area contributed by atoms with Gasteiger partial charge in [0.2, 0.25) is 6.29 Å². The van der Waals surface area contributed by atoms with E-state index in [2.05, 4.69) is 0 Å². The minimum absolute atomic E-state index is 0.0838. The molecule has 12 nitrogen and oxygen atoms in total. The molecule has 1 aromatic rings. The molecule has 1 saturated carbocycles. The first-order valence-electron chi connectivity index (χ1n) is 12.2. The fourth-order valence-electron chi connectivity index (χ4n) is 5.20. The van der Waals surface area contributed by atoms with Crippen molar-refractivity contribution in [2.45, 2.75) is 62.0 Å². The van der Waals surface area contributed by atoms with Crippen molar-refractivity contribution < 1.29 is 58.7 Å². The molecule has 2 fully saturated rings. The molecule has 2 aliphatic heterocycles. The van der Waals surface area contributed by atoms with Crippen molar-refractivity contribution in [2.75, 3.05) is 20.8 Å². The number of ether oxygens (including phenoxy) is 6. The van der Waals surface area contributed by atoms with Crippen LogP contribution in [0, 0.1) is 11.8 Å². The van der Waals surface area contributed by atoms with Crippen molar-refractivity contribution in [1.82, 2.24) is 0 Å². The summed E-state index contributed by atoms with van der Waals surface area (Å²) in [6, 6.07) is 5.18. The van der Waals surface area contributed by atoms with Crippen LogP contribution in [0.4, 0.5) is 0 Å². The Hall–Kier alpha value is -2.71. The highest BCUT2D eigenvalue weighted by atomic mass is 16.8. The lowest BCUT2D eigenvalue weighted by Crippen LogP contribution is -2.60. The van der Waals surface area contributed by atoms with E-state index in [0.717, 1.165) is 0 Å². The molecule has 12 heteroatoms. The number of carbonyl (C=O) groups is 1. The summed E-state index contributed by atoms with van der Waals surface area (Å²) in [4.78, 5) is 12.7. The zero-order valence-electron chi connectivity index (χ0n) is 21.2. The first-order valence-corrected chi connectivity index (χ1v) is 12.2. The van der Waals surface area contributed by atoms with E-state index in [1.54, 1.807) is 37.3 Å². The third-order valence-corrected chi connectivity index (χ3v) is 7.19. The van der Waals surface area contributed by atoms with Gasteiger partial charge in [0.1, 0.15) is 30.5 Å². The van der Waals surface area contributed by atoms with E-state index in [1.165, 1.54) is 26.6 Å². The number of benzene rings is 1. The van der Waals surface area contributed by atoms with Gasteiger partial charge in [-0.1, -0.05) is 6.07 Å². The molecule has 1 saturated heterocycles. The van der Waals surface area contributed by atoms with Crippen LogP contribution in [-0.4, -0.2) is 101 Å². The Morgan fingerprint density at radius 1 is 1.11 bits per heavy atom. The van der Waals surface area contributed by atoms with Gasteiger partial charge in [0.15, 0.2) is 17.8 Å². The number of fused-ring (bicyclic) bond motifs is 1. The average molecular weight is 539 g/mol. The van der Waals surface area contributed by atoms with E-state index in [1.807, 2.05) is 0 Å². The first kappa shape index (κ1) is 28.3. The lowest BCUT2D eigenvalue weighted by Gasteiger charge is -2.43. The molecular weight excluding hydrogens is 504 g/mol. The van der Waals surface area contributed by atoms with E-state index in [0.29, 0.717) is 17.1 Å². The summed E-state index contributed by atoms with van der Waals surface area (Å²) in [5, 5.41) is 51.0. The van der Waals surface area contributed by atoms with Crippen LogP contribution in [0.3, 0.4) is 0 Å². The number of hydrogen-bond donors (Lipinski definition) is 5. The van der Waals surface area contributed by atoms with E-state index < -0.39 is 73.1 Å². The second-order valence-electron chi connectivity index (χ2n) is 9.75. The highest BCUT2D eigenvalue weighted by Crippen LogP contribution is 2.48. The van der Waals surface area contributed by atoms with Crippen molar-refractivity contribution in [3.05, 3.63) is 42.2 Å². The van der Waals surface area contributed by atoms with Gasteiger partial charge >= 0.3 is 5.97 Å². The van der Waals surface area contributed by atoms with Gasteiger partial charge in [-0.05, 0) is 36.8 Å². The van der Waals surface area contributed by atoms with Crippen LogP contribution in [0.15, 0.2) is 36.6 Å². The summed E-state index contributed by atoms with van der Waals surface area (Å²) in [6.07, 6.45) is -3.35. The fourth-order valence-corrected chi connectivity index (χ4v) is 5.20. The molecule has 0 radical (unpaired) electrons. The normalized spacial score (nSPS) is 38.5. The van der Waals surface area contributed by atoms with Crippen LogP contribution in [-0.2, 0) is 23.7 Å². The summed E-state index contributed by atoms with van der Waals surface area (Å²) >= 11 is 0. The van der Waals surface area contributed by atoms with Crippen LogP contribution in [0.5, 0.6) is 11.5 Å². The smallest absolute Gasteiger partial charge is 0.331 e. The number of carbonyl (C=O) groups excluding carboxylic acids is 1. The van der Waals surface area contributed by atoms with Crippen LogP contribution < -0.4 is 9.47 Å². The summed E-state index contributed by atoms with van der Waals surface area (Å²) in [5.74, 6) is -0.777. The second-order valence-corrected chi connectivity index (χ2v) is 9.75. The van der Waals surface area contributed by atoms with Gasteiger partial charge < -0.3 is 54.0 Å². The van der Waals surface area contributed by atoms with E-state index >= 15 is 0 Å². The zero-order valence-corrected chi connectivity index (χ0v) is 21.2. The Balaban J connectivity index is 1.44. The third-order valence-electron chi connectivity index (χ3n) is 7.19. The average Bonchev–Trinajstić information content (AvgIpc) is 3.17. The van der Waals surface area contributed by atoms with Crippen LogP contribution in [0.2, 0.25) is 0 Å². The summed E-state index contributed by atoms with van der Waals surface area (Å²) < 4.78 is 32.9. The third kappa shape index (κ3) is 5.66. The van der Waals surface area contributed by atoms with Gasteiger partial charge in [-0.2, -0.15) is 0 Å². The molecule has 0 amide bonds. The summed E-state index contributed by atoms with van der Waals surface area (Å²) in [5.41, 5.74) is -0.707. The minimum atomic E-state index is -1.64. The Bertz CT molecular complexity index is 1040. The van der Waals surface area contributed by atoms with Gasteiger partial charge in [0, 0.05) is 18.4 Å². The lowest BCUT2D eigenvalue weighted by molar-refractivity contribution is -0.346. The van der Waals surface area contributed by atoms with Crippen LogP contribution in [0.1, 0.15) is 18.9 Å². The Morgan fingerprint density at radius 3 is 2.53 bits per heavy atom. The van der Waals surface area contributed by atoms with Crippen molar-refractivity contribution in [3.63, 3.8) is 0 Å². The lowest BCUT2D eigenvalue weighted by atomic mass is 9.85.